The second-order valence-corrected chi connectivity index (χ2v) is 5.94. The first-order chi connectivity index (χ1) is 10.5. The third-order valence-corrected chi connectivity index (χ3v) is 3.47. The Morgan fingerprint density at radius 1 is 1.23 bits per heavy atom. The average Bonchev–Trinajstić information content (AvgIpc) is 2.49. The van der Waals surface area contributed by atoms with Crippen LogP contribution >= 0.6 is 23.2 Å². The zero-order valence-corrected chi connectivity index (χ0v) is 13.7. The smallest absolute Gasteiger partial charge is 0.274 e. The Morgan fingerprint density at radius 3 is 2.68 bits per heavy atom. The number of hydrogen-bond acceptors (Lipinski definition) is 4. The Bertz CT molecular complexity index is 676. The van der Waals surface area contributed by atoms with Crippen molar-refractivity contribution in [1.29, 1.82) is 0 Å². The Morgan fingerprint density at radius 2 is 2.00 bits per heavy atom. The SMILES string of the molecule is CC(C)CNc1nccc(C(=O)Nc2ccc(Cl)c(Cl)c2)n1. The Balaban J connectivity index is 2.08. The standard InChI is InChI=1S/C15H16Cl2N4O/c1-9(2)8-19-15-18-6-5-13(21-15)14(22)20-10-3-4-11(16)12(17)7-10/h3-7,9H,8H2,1-2H3,(H,20,22)(H,18,19,21). The largest absolute Gasteiger partial charge is 0.354 e. The molecule has 1 heterocycles. The van der Waals surface area contributed by atoms with Crippen molar-refractivity contribution >= 4 is 40.7 Å². The van der Waals surface area contributed by atoms with E-state index in [2.05, 4.69) is 34.4 Å². The highest BCUT2D eigenvalue weighted by Crippen LogP contribution is 2.25. The van der Waals surface area contributed by atoms with Crippen molar-refractivity contribution in [2.24, 2.45) is 5.92 Å². The average molecular weight is 339 g/mol. The Hall–Kier alpha value is -1.85. The number of benzene rings is 1. The van der Waals surface area contributed by atoms with Crippen LogP contribution in [-0.4, -0.2) is 22.4 Å². The van der Waals surface area contributed by atoms with Crippen LogP contribution in [0.15, 0.2) is 30.5 Å². The lowest BCUT2D eigenvalue weighted by Gasteiger charge is -2.09. The normalized spacial score (nSPS) is 10.6. The maximum atomic E-state index is 12.2. The molecule has 0 unspecified atom stereocenters. The Kier molecular flexibility index (Phi) is 5.57. The number of nitrogens with zero attached hydrogens (tertiary/aromatic N) is 2. The summed E-state index contributed by atoms with van der Waals surface area (Å²) in [6, 6.07) is 6.43. The molecule has 22 heavy (non-hydrogen) atoms. The van der Waals surface area contributed by atoms with Gasteiger partial charge in [-0.1, -0.05) is 37.0 Å². The van der Waals surface area contributed by atoms with E-state index in [1.165, 1.54) is 0 Å². The van der Waals surface area contributed by atoms with Gasteiger partial charge in [-0.05, 0) is 30.2 Å². The molecule has 0 bridgehead atoms. The van der Waals surface area contributed by atoms with Crippen LogP contribution in [0.4, 0.5) is 11.6 Å². The van der Waals surface area contributed by atoms with Gasteiger partial charge in [0, 0.05) is 18.4 Å². The number of halogens is 2. The number of amides is 1. The molecular weight excluding hydrogens is 323 g/mol. The Labute approximate surface area is 139 Å². The summed E-state index contributed by atoms with van der Waals surface area (Å²) in [6.45, 7) is 4.89. The quantitative estimate of drug-likeness (QED) is 0.860. The van der Waals surface area contributed by atoms with Gasteiger partial charge in [0.2, 0.25) is 5.95 Å². The highest BCUT2D eigenvalue weighted by Gasteiger charge is 2.10. The predicted octanol–water partition coefficient (Wildman–Crippen LogP) is 4.10. The third-order valence-electron chi connectivity index (χ3n) is 2.73. The van der Waals surface area contributed by atoms with Crippen molar-refractivity contribution < 1.29 is 4.79 Å². The van der Waals surface area contributed by atoms with Crippen LogP contribution in [0.5, 0.6) is 0 Å². The van der Waals surface area contributed by atoms with Crippen LogP contribution in [-0.2, 0) is 0 Å². The number of anilines is 2. The van der Waals surface area contributed by atoms with E-state index in [0.717, 1.165) is 6.54 Å². The minimum atomic E-state index is -0.339. The minimum absolute atomic E-state index is 0.271. The van der Waals surface area contributed by atoms with Crippen LogP contribution < -0.4 is 10.6 Å². The van der Waals surface area contributed by atoms with Gasteiger partial charge in [-0.25, -0.2) is 9.97 Å². The molecule has 2 N–H and O–H groups in total. The predicted molar refractivity (Wildman–Crippen MR) is 89.8 cm³/mol. The molecule has 0 fully saturated rings. The topological polar surface area (TPSA) is 66.9 Å². The van der Waals surface area contributed by atoms with E-state index < -0.39 is 0 Å². The maximum absolute atomic E-state index is 12.2. The molecule has 0 aliphatic rings. The van der Waals surface area contributed by atoms with Crippen molar-refractivity contribution in [3.63, 3.8) is 0 Å². The van der Waals surface area contributed by atoms with Crippen molar-refractivity contribution in [1.82, 2.24) is 9.97 Å². The number of rotatable bonds is 5. The van der Waals surface area contributed by atoms with E-state index in [-0.39, 0.29) is 11.6 Å². The second kappa shape index (κ2) is 7.42. The first-order valence-corrected chi connectivity index (χ1v) is 7.54. The van der Waals surface area contributed by atoms with Gasteiger partial charge < -0.3 is 10.6 Å². The van der Waals surface area contributed by atoms with Crippen molar-refractivity contribution in [2.75, 3.05) is 17.2 Å². The first kappa shape index (κ1) is 16.5. The van der Waals surface area contributed by atoms with Gasteiger partial charge in [0.25, 0.3) is 5.91 Å². The highest BCUT2D eigenvalue weighted by molar-refractivity contribution is 6.42. The van der Waals surface area contributed by atoms with Crippen molar-refractivity contribution in [3.05, 3.63) is 46.2 Å². The molecule has 1 amide bonds. The zero-order chi connectivity index (χ0) is 16.1. The van der Waals surface area contributed by atoms with Gasteiger partial charge in [-0.15, -0.1) is 0 Å². The summed E-state index contributed by atoms with van der Waals surface area (Å²) >= 11 is 11.8. The molecule has 2 aromatic rings. The highest BCUT2D eigenvalue weighted by atomic mass is 35.5. The molecular formula is C15H16Cl2N4O. The van der Waals surface area contributed by atoms with E-state index in [0.29, 0.717) is 27.6 Å². The monoisotopic (exact) mass is 338 g/mol. The first-order valence-electron chi connectivity index (χ1n) is 6.79. The van der Waals surface area contributed by atoms with Crippen LogP contribution in [0.25, 0.3) is 0 Å². The van der Waals surface area contributed by atoms with E-state index >= 15 is 0 Å². The zero-order valence-electron chi connectivity index (χ0n) is 12.2. The van der Waals surface area contributed by atoms with E-state index in [9.17, 15) is 4.79 Å². The summed E-state index contributed by atoms with van der Waals surface area (Å²) in [4.78, 5) is 20.5. The van der Waals surface area contributed by atoms with Crippen molar-refractivity contribution in [3.8, 4) is 0 Å². The van der Waals surface area contributed by atoms with Gasteiger partial charge in [0.15, 0.2) is 0 Å². The summed E-state index contributed by atoms with van der Waals surface area (Å²) in [5, 5.41) is 6.61. The van der Waals surface area contributed by atoms with Gasteiger partial charge in [0.1, 0.15) is 5.69 Å². The van der Waals surface area contributed by atoms with E-state index in [1.54, 1.807) is 30.5 Å². The van der Waals surface area contributed by atoms with Crippen molar-refractivity contribution in [2.45, 2.75) is 13.8 Å². The lowest BCUT2D eigenvalue weighted by molar-refractivity contribution is 0.102. The molecule has 5 nitrogen and oxygen atoms in total. The maximum Gasteiger partial charge on any atom is 0.274 e. The van der Waals surface area contributed by atoms with E-state index in [4.69, 9.17) is 23.2 Å². The number of carbonyl (C=O) groups excluding carboxylic acids is 1. The molecule has 0 aliphatic heterocycles. The van der Waals surface area contributed by atoms with Gasteiger partial charge in [-0.3, -0.25) is 4.79 Å². The van der Waals surface area contributed by atoms with Crippen LogP contribution in [0.2, 0.25) is 10.0 Å². The lowest BCUT2D eigenvalue weighted by Crippen LogP contribution is -2.16. The van der Waals surface area contributed by atoms with Gasteiger partial charge in [-0.2, -0.15) is 0 Å². The van der Waals surface area contributed by atoms with Crippen LogP contribution in [0, 0.1) is 5.92 Å². The summed E-state index contributed by atoms with van der Waals surface area (Å²) < 4.78 is 0. The molecule has 0 saturated heterocycles. The molecule has 1 aromatic heterocycles. The minimum Gasteiger partial charge on any atom is -0.354 e. The number of hydrogen-bond donors (Lipinski definition) is 2. The fraction of sp³-hybridized carbons (Fsp3) is 0.267. The molecule has 0 atom stereocenters. The fourth-order valence-electron chi connectivity index (χ4n) is 1.63. The molecule has 2 rings (SSSR count). The molecule has 0 aliphatic carbocycles. The number of nitrogens with one attached hydrogen (secondary N) is 2. The summed E-state index contributed by atoms with van der Waals surface area (Å²) in [6.07, 6.45) is 1.54. The van der Waals surface area contributed by atoms with Crippen LogP contribution in [0.1, 0.15) is 24.3 Å². The molecule has 116 valence electrons. The van der Waals surface area contributed by atoms with Gasteiger partial charge in [0.05, 0.1) is 10.0 Å². The third kappa shape index (κ3) is 4.58. The van der Waals surface area contributed by atoms with Crippen LogP contribution in [0.3, 0.4) is 0 Å². The van der Waals surface area contributed by atoms with E-state index in [1.807, 2.05) is 0 Å². The molecule has 0 spiro atoms. The molecule has 0 saturated carbocycles. The summed E-state index contributed by atoms with van der Waals surface area (Å²) in [7, 11) is 0. The van der Waals surface area contributed by atoms with Gasteiger partial charge >= 0.3 is 0 Å². The fourth-order valence-corrected chi connectivity index (χ4v) is 1.93. The summed E-state index contributed by atoms with van der Waals surface area (Å²) in [5.41, 5.74) is 0.821. The summed E-state index contributed by atoms with van der Waals surface area (Å²) in [5.74, 6) is 0.543. The molecule has 0 radical (unpaired) electrons. The molecule has 7 heteroatoms. The molecule has 1 aromatic carbocycles. The number of aromatic nitrogens is 2. The lowest BCUT2D eigenvalue weighted by atomic mass is 10.2. The number of carbonyl (C=O) groups is 1. The second-order valence-electron chi connectivity index (χ2n) is 5.12.